The lowest BCUT2D eigenvalue weighted by atomic mass is 9.95. The van der Waals surface area contributed by atoms with Crippen molar-refractivity contribution in [3.05, 3.63) is 93.1 Å². The lowest BCUT2D eigenvalue weighted by molar-refractivity contribution is -0.384. The van der Waals surface area contributed by atoms with Crippen LogP contribution in [-0.4, -0.2) is 30.6 Å². The van der Waals surface area contributed by atoms with Crippen molar-refractivity contribution in [3.63, 3.8) is 0 Å². The number of carbonyl (C=O) groups excluding carboxylic acids is 1. The van der Waals surface area contributed by atoms with Crippen LogP contribution in [0.1, 0.15) is 18.5 Å². The van der Waals surface area contributed by atoms with Gasteiger partial charge in [-0.3, -0.25) is 14.9 Å². The smallest absolute Gasteiger partial charge is 0.269 e. The first-order valence-electron chi connectivity index (χ1n) is 9.96. The molecule has 4 heterocycles. The van der Waals surface area contributed by atoms with Gasteiger partial charge in [0.1, 0.15) is 11.9 Å². The highest BCUT2D eigenvalue weighted by Gasteiger charge is 2.35. The Hall–Kier alpha value is -4.38. The molecular formula is C22H17N7O3S. The van der Waals surface area contributed by atoms with E-state index in [4.69, 9.17) is 0 Å². The van der Waals surface area contributed by atoms with Crippen LogP contribution in [0.25, 0.3) is 10.7 Å². The van der Waals surface area contributed by atoms with E-state index in [1.807, 2.05) is 17.5 Å². The number of anilines is 2. The second kappa shape index (κ2) is 8.28. The summed E-state index contributed by atoms with van der Waals surface area (Å²) < 4.78 is 1.64. The molecule has 0 saturated heterocycles. The predicted octanol–water partition coefficient (Wildman–Crippen LogP) is 4.24. The van der Waals surface area contributed by atoms with E-state index in [0.29, 0.717) is 34.4 Å². The summed E-state index contributed by atoms with van der Waals surface area (Å²) in [5, 5.41) is 23.7. The molecule has 3 aromatic heterocycles. The van der Waals surface area contributed by atoms with Gasteiger partial charge in [0.25, 0.3) is 11.6 Å². The second-order valence-corrected chi connectivity index (χ2v) is 8.21. The number of nitrogens with zero attached hydrogens (tertiary/aromatic N) is 5. The van der Waals surface area contributed by atoms with E-state index in [1.165, 1.54) is 23.5 Å². The minimum Gasteiger partial charge on any atom is -0.328 e. The van der Waals surface area contributed by atoms with E-state index in [0.717, 1.165) is 4.88 Å². The van der Waals surface area contributed by atoms with Gasteiger partial charge in [-0.15, -0.1) is 16.4 Å². The second-order valence-electron chi connectivity index (χ2n) is 7.26. The monoisotopic (exact) mass is 459 g/mol. The number of aromatic nitrogens is 4. The molecule has 33 heavy (non-hydrogen) atoms. The van der Waals surface area contributed by atoms with E-state index >= 15 is 0 Å². The van der Waals surface area contributed by atoms with Crippen LogP contribution in [0.15, 0.2) is 77.4 Å². The number of fused-ring (bicyclic) bond motifs is 1. The fourth-order valence-electron chi connectivity index (χ4n) is 3.66. The van der Waals surface area contributed by atoms with Gasteiger partial charge in [0.2, 0.25) is 5.95 Å². The normalized spacial score (nSPS) is 15.0. The molecule has 0 aliphatic carbocycles. The summed E-state index contributed by atoms with van der Waals surface area (Å²) in [5.74, 6) is 1.06. The first-order valence-corrected chi connectivity index (χ1v) is 10.8. The van der Waals surface area contributed by atoms with Crippen LogP contribution in [0.4, 0.5) is 17.5 Å². The molecule has 164 valence electrons. The molecule has 1 aliphatic heterocycles. The number of allylic oxidation sites excluding steroid dienone is 1. The number of nitrogens with one attached hydrogen (secondary N) is 2. The van der Waals surface area contributed by atoms with Gasteiger partial charge >= 0.3 is 0 Å². The summed E-state index contributed by atoms with van der Waals surface area (Å²) in [7, 11) is 0. The number of hydrogen-bond donors (Lipinski definition) is 2. The van der Waals surface area contributed by atoms with Gasteiger partial charge in [0.15, 0.2) is 5.82 Å². The molecule has 0 spiro atoms. The Morgan fingerprint density at radius 1 is 1.18 bits per heavy atom. The number of non-ortho nitro benzene ring substituents is 1. The van der Waals surface area contributed by atoms with E-state index in [2.05, 4.69) is 25.7 Å². The van der Waals surface area contributed by atoms with Crippen LogP contribution in [0.5, 0.6) is 0 Å². The quantitative estimate of drug-likeness (QED) is 0.337. The molecule has 2 N–H and O–H groups in total. The number of rotatable bonds is 5. The van der Waals surface area contributed by atoms with Crippen LogP contribution in [0, 0.1) is 10.1 Å². The zero-order valence-electron chi connectivity index (χ0n) is 17.3. The number of thiophene rings is 1. The van der Waals surface area contributed by atoms with Crippen LogP contribution >= 0.6 is 11.3 Å². The van der Waals surface area contributed by atoms with Gasteiger partial charge in [-0.05, 0) is 48.2 Å². The number of nitro groups is 1. The maximum Gasteiger partial charge on any atom is 0.269 e. The minimum absolute atomic E-state index is 0.0361. The van der Waals surface area contributed by atoms with Crippen LogP contribution in [-0.2, 0) is 4.79 Å². The van der Waals surface area contributed by atoms with Gasteiger partial charge in [-0.1, -0.05) is 12.1 Å². The molecule has 0 radical (unpaired) electrons. The number of pyridine rings is 1. The zero-order chi connectivity index (χ0) is 22.9. The molecule has 1 aromatic carbocycles. The Morgan fingerprint density at radius 2 is 2.00 bits per heavy atom. The number of amides is 1. The molecule has 0 fully saturated rings. The third-order valence-corrected chi connectivity index (χ3v) is 6.03. The minimum atomic E-state index is -0.646. The van der Waals surface area contributed by atoms with Crippen molar-refractivity contribution in [2.45, 2.75) is 13.0 Å². The predicted molar refractivity (Wildman–Crippen MR) is 124 cm³/mol. The van der Waals surface area contributed by atoms with Crippen molar-refractivity contribution in [1.82, 2.24) is 19.7 Å². The molecule has 1 unspecified atom stereocenters. The molecule has 4 aromatic rings. The van der Waals surface area contributed by atoms with E-state index in [1.54, 1.807) is 48.1 Å². The van der Waals surface area contributed by atoms with Crippen LogP contribution in [0.2, 0.25) is 0 Å². The SMILES string of the molecule is CC1=C(C(=O)Nc2ccccn2)C(c2ccc([N+](=O)[O-])cc2)n2nc(-c3cccs3)nc2N1. The molecule has 5 rings (SSSR count). The lowest BCUT2D eigenvalue weighted by Gasteiger charge is -2.28. The van der Waals surface area contributed by atoms with Crippen molar-refractivity contribution in [2.24, 2.45) is 0 Å². The van der Waals surface area contributed by atoms with E-state index in [-0.39, 0.29) is 11.6 Å². The summed E-state index contributed by atoms with van der Waals surface area (Å²) in [6.45, 7) is 1.79. The Bertz CT molecular complexity index is 1360. The largest absolute Gasteiger partial charge is 0.328 e. The van der Waals surface area contributed by atoms with Crippen molar-refractivity contribution in [2.75, 3.05) is 10.6 Å². The highest BCUT2D eigenvalue weighted by Crippen LogP contribution is 2.37. The van der Waals surface area contributed by atoms with Crippen molar-refractivity contribution < 1.29 is 9.72 Å². The Balaban J connectivity index is 1.60. The molecular weight excluding hydrogens is 442 g/mol. The molecule has 1 aliphatic rings. The van der Waals surface area contributed by atoms with E-state index in [9.17, 15) is 14.9 Å². The Labute approximate surface area is 191 Å². The maximum absolute atomic E-state index is 13.4. The average molecular weight is 459 g/mol. The fourth-order valence-corrected chi connectivity index (χ4v) is 4.31. The summed E-state index contributed by atoms with van der Waals surface area (Å²) in [6, 6.07) is 14.5. The number of hydrogen-bond acceptors (Lipinski definition) is 8. The highest BCUT2D eigenvalue weighted by molar-refractivity contribution is 7.13. The number of benzene rings is 1. The third kappa shape index (κ3) is 3.85. The van der Waals surface area contributed by atoms with Crippen molar-refractivity contribution in [1.29, 1.82) is 0 Å². The van der Waals surface area contributed by atoms with Gasteiger partial charge in [-0.25, -0.2) is 9.67 Å². The molecule has 0 bridgehead atoms. The standard InChI is InChI=1S/C22H17N7O3S/c1-13-18(21(30)25-17-6-2-3-11-23-17)19(14-7-9-15(10-8-14)29(31)32)28-22(24-13)26-20(27-28)16-5-4-12-33-16/h2-12,19H,1H3,(H,23,25,30)(H,24,26,27). The highest BCUT2D eigenvalue weighted by atomic mass is 32.1. The molecule has 1 atom stereocenters. The summed E-state index contributed by atoms with van der Waals surface area (Å²) in [6.07, 6.45) is 1.59. The van der Waals surface area contributed by atoms with Crippen LogP contribution < -0.4 is 10.6 Å². The van der Waals surface area contributed by atoms with E-state index < -0.39 is 11.0 Å². The lowest BCUT2D eigenvalue weighted by Crippen LogP contribution is -2.31. The average Bonchev–Trinajstić information content (AvgIpc) is 3.48. The molecule has 11 heteroatoms. The van der Waals surface area contributed by atoms with Crippen LogP contribution in [0.3, 0.4) is 0 Å². The Morgan fingerprint density at radius 3 is 2.67 bits per heavy atom. The van der Waals surface area contributed by atoms with Gasteiger partial charge < -0.3 is 10.6 Å². The maximum atomic E-state index is 13.4. The van der Waals surface area contributed by atoms with Crippen molar-refractivity contribution >= 4 is 34.7 Å². The first kappa shape index (κ1) is 20.5. The Kier molecular flexibility index (Phi) is 5.15. The van der Waals surface area contributed by atoms with Gasteiger partial charge in [0, 0.05) is 24.0 Å². The summed E-state index contributed by atoms with van der Waals surface area (Å²) in [5.41, 5.74) is 1.64. The van der Waals surface area contributed by atoms with Gasteiger partial charge in [0.05, 0.1) is 15.4 Å². The topological polar surface area (TPSA) is 128 Å². The van der Waals surface area contributed by atoms with Crippen molar-refractivity contribution in [3.8, 4) is 10.7 Å². The summed E-state index contributed by atoms with van der Waals surface area (Å²) in [4.78, 5) is 33.7. The molecule has 10 nitrogen and oxygen atoms in total. The molecule has 0 saturated carbocycles. The number of nitro benzene ring substituents is 1. The zero-order valence-corrected chi connectivity index (χ0v) is 18.1. The summed E-state index contributed by atoms with van der Waals surface area (Å²) >= 11 is 1.51. The third-order valence-electron chi connectivity index (χ3n) is 5.16. The fraction of sp³-hybridized carbons (Fsp3) is 0.0909. The molecule has 1 amide bonds. The number of carbonyl (C=O) groups is 1. The van der Waals surface area contributed by atoms with Gasteiger partial charge in [-0.2, -0.15) is 4.98 Å². The first-order chi connectivity index (χ1) is 16.0.